The smallest absolute Gasteiger partial charge is 0.274 e. The number of hydrogen-bond donors (Lipinski definition) is 4. The maximum atomic E-state index is 12.1. The van der Waals surface area contributed by atoms with Gasteiger partial charge in [0.2, 0.25) is 11.9 Å². The summed E-state index contributed by atoms with van der Waals surface area (Å²) in [7, 11) is 1.38. The normalized spacial score (nSPS) is 17.8. The third-order valence-corrected chi connectivity index (χ3v) is 5.56. The van der Waals surface area contributed by atoms with Gasteiger partial charge < -0.3 is 16.0 Å². The number of amides is 2. The molecule has 1 heterocycles. The van der Waals surface area contributed by atoms with Gasteiger partial charge in [0.1, 0.15) is 5.02 Å². The Balaban J connectivity index is 1.78. The maximum absolute atomic E-state index is 12.1. The number of carbonyl (C=O) groups excluding carboxylic acids is 2. The van der Waals surface area contributed by atoms with Crippen molar-refractivity contribution in [2.75, 3.05) is 17.7 Å². The van der Waals surface area contributed by atoms with Gasteiger partial charge in [0.05, 0.1) is 13.3 Å². The number of carbonyl (C=O) groups is 2. The van der Waals surface area contributed by atoms with Crippen LogP contribution in [0.4, 0.5) is 17.5 Å². The van der Waals surface area contributed by atoms with Crippen LogP contribution in [0.3, 0.4) is 0 Å². The van der Waals surface area contributed by atoms with Crippen molar-refractivity contribution in [3.05, 3.63) is 53.2 Å². The fourth-order valence-corrected chi connectivity index (χ4v) is 3.74. The molecular formula is C22H27ClN6O3. The molecule has 4 N–H and O–H groups in total. The number of nitrogens with one attached hydrogen (secondary N) is 4. The highest BCUT2D eigenvalue weighted by Gasteiger charge is 2.27. The Kier molecular flexibility index (Phi) is 8.02. The van der Waals surface area contributed by atoms with Gasteiger partial charge in [-0.15, -0.1) is 0 Å². The van der Waals surface area contributed by atoms with Crippen LogP contribution in [0.1, 0.15) is 41.6 Å². The first-order chi connectivity index (χ1) is 15.4. The summed E-state index contributed by atoms with van der Waals surface area (Å²) in [4.78, 5) is 37.3. The van der Waals surface area contributed by atoms with Crippen molar-refractivity contribution in [2.45, 2.75) is 44.7 Å². The van der Waals surface area contributed by atoms with Gasteiger partial charge in [-0.25, -0.2) is 10.5 Å². The summed E-state index contributed by atoms with van der Waals surface area (Å²) >= 11 is 6.35. The van der Waals surface area contributed by atoms with Gasteiger partial charge in [0, 0.05) is 23.3 Å². The number of anilines is 3. The number of hydrogen-bond acceptors (Lipinski definition) is 7. The van der Waals surface area contributed by atoms with E-state index in [4.69, 9.17) is 11.6 Å². The molecule has 0 radical (unpaired) electrons. The summed E-state index contributed by atoms with van der Waals surface area (Å²) in [6.07, 6.45) is 6.60. The van der Waals surface area contributed by atoms with Crippen molar-refractivity contribution in [1.82, 2.24) is 20.8 Å². The molecule has 32 heavy (non-hydrogen) atoms. The van der Waals surface area contributed by atoms with Gasteiger partial charge in [-0.1, -0.05) is 37.1 Å². The zero-order chi connectivity index (χ0) is 23.1. The van der Waals surface area contributed by atoms with Crippen LogP contribution >= 0.6 is 11.6 Å². The molecule has 1 saturated carbocycles. The third kappa shape index (κ3) is 5.95. The zero-order valence-corrected chi connectivity index (χ0v) is 18.8. The van der Waals surface area contributed by atoms with E-state index < -0.39 is 0 Å². The van der Waals surface area contributed by atoms with E-state index in [0.29, 0.717) is 28.0 Å². The molecule has 10 heteroatoms. The topological polar surface area (TPSA) is 117 Å². The number of hydroxylamine groups is 1. The number of aryl methyl sites for hydroxylation is 1. The molecule has 3 rings (SSSR count). The summed E-state index contributed by atoms with van der Waals surface area (Å²) in [6, 6.07) is 5.14. The Morgan fingerprint density at radius 2 is 2.00 bits per heavy atom. The predicted octanol–water partition coefficient (Wildman–Crippen LogP) is 3.50. The Labute approximate surface area is 192 Å². The standard InChI is InChI=1S/C22H27ClN6O3/c1-4-19(30)25-16-7-5-6-8-17(16)26-20-15(23)12-24-22(28-20)27-18-11-14(10-9-13(18)2)21(31)29-32-3/h4,9-12,16-17H,1,5-8H2,2-3H3,(H,25,30)(H,29,31)(H2,24,26,27,28)/t16-,17-/m1/s1. The maximum Gasteiger partial charge on any atom is 0.274 e. The molecule has 0 saturated heterocycles. The average Bonchev–Trinajstić information content (AvgIpc) is 2.78. The van der Waals surface area contributed by atoms with E-state index in [0.717, 1.165) is 31.2 Å². The van der Waals surface area contributed by atoms with Crippen molar-refractivity contribution in [1.29, 1.82) is 0 Å². The Morgan fingerprint density at radius 3 is 2.72 bits per heavy atom. The molecule has 1 aliphatic rings. The van der Waals surface area contributed by atoms with E-state index in [2.05, 4.69) is 42.8 Å². The minimum absolute atomic E-state index is 0.0179. The summed E-state index contributed by atoms with van der Waals surface area (Å²) in [6.45, 7) is 5.43. The van der Waals surface area contributed by atoms with Gasteiger partial charge in [0.25, 0.3) is 5.91 Å². The van der Waals surface area contributed by atoms with E-state index >= 15 is 0 Å². The molecule has 0 bridgehead atoms. The van der Waals surface area contributed by atoms with Crippen LogP contribution in [-0.4, -0.2) is 41.0 Å². The summed E-state index contributed by atoms with van der Waals surface area (Å²) < 4.78 is 0. The second kappa shape index (κ2) is 10.9. The number of benzene rings is 1. The highest BCUT2D eigenvalue weighted by atomic mass is 35.5. The molecule has 0 unspecified atom stereocenters. The summed E-state index contributed by atoms with van der Waals surface area (Å²) in [5.41, 5.74) is 4.31. The van der Waals surface area contributed by atoms with Crippen LogP contribution in [0.15, 0.2) is 37.1 Å². The predicted molar refractivity (Wildman–Crippen MR) is 124 cm³/mol. The van der Waals surface area contributed by atoms with Crippen molar-refractivity contribution in [2.24, 2.45) is 0 Å². The lowest BCUT2D eigenvalue weighted by atomic mass is 9.90. The van der Waals surface area contributed by atoms with Crippen LogP contribution < -0.4 is 21.4 Å². The van der Waals surface area contributed by atoms with Crippen LogP contribution in [0, 0.1) is 6.92 Å². The lowest BCUT2D eigenvalue weighted by Gasteiger charge is -2.33. The highest BCUT2D eigenvalue weighted by molar-refractivity contribution is 6.32. The van der Waals surface area contributed by atoms with Crippen LogP contribution in [0.25, 0.3) is 0 Å². The minimum Gasteiger partial charge on any atom is -0.364 e. The van der Waals surface area contributed by atoms with Gasteiger partial charge in [-0.3, -0.25) is 14.4 Å². The molecule has 170 valence electrons. The summed E-state index contributed by atoms with van der Waals surface area (Å²) in [5, 5.41) is 9.86. The fourth-order valence-electron chi connectivity index (χ4n) is 3.59. The largest absolute Gasteiger partial charge is 0.364 e. The molecule has 1 fully saturated rings. The third-order valence-electron chi connectivity index (χ3n) is 5.29. The molecule has 1 aliphatic carbocycles. The molecule has 2 atom stereocenters. The molecule has 1 aromatic heterocycles. The molecule has 0 spiro atoms. The van der Waals surface area contributed by atoms with Gasteiger partial charge in [0.15, 0.2) is 5.82 Å². The number of nitrogens with zero attached hydrogens (tertiary/aromatic N) is 2. The van der Waals surface area contributed by atoms with Crippen LogP contribution in [0.2, 0.25) is 5.02 Å². The average molecular weight is 459 g/mol. The zero-order valence-electron chi connectivity index (χ0n) is 18.1. The number of aromatic nitrogens is 2. The quantitative estimate of drug-likeness (QED) is 0.353. The molecule has 9 nitrogen and oxygen atoms in total. The summed E-state index contributed by atoms with van der Waals surface area (Å²) in [5.74, 6) is 0.235. The molecular weight excluding hydrogens is 432 g/mol. The van der Waals surface area contributed by atoms with Crippen molar-refractivity contribution in [3.8, 4) is 0 Å². The van der Waals surface area contributed by atoms with Crippen molar-refractivity contribution >= 4 is 40.9 Å². The molecule has 1 aromatic carbocycles. The number of halogens is 1. The van der Waals surface area contributed by atoms with Crippen LogP contribution in [0.5, 0.6) is 0 Å². The van der Waals surface area contributed by atoms with Gasteiger partial charge in [-0.05, 0) is 43.5 Å². The first-order valence-corrected chi connectivity index (χ1v) is 10.7. The lowest BCUT2D eigenvalue weighted by Crippen LogP contribution is -2.48. The first-order valence-electron chi connectivity index (χ1n) is 10.3. The van der Waals surface area contributed by atoms with E-state index in [-0.39, 0.29) is 23.9 Å². The molecule has 2 amide bonds. The van der Waals surface area contributed by atoms with Crippen LogP contribution in [-0.2, 0) is 9.63 Å². The minimum atomic E-state index is -0.361. The second-order valence-corrected chi connectivity index (χ2v) is 7.94. The number of rotatable bonds is 8. The van der Waals surface area contributed by atoms with E-state index in [1.165, 1.54) is 19.4 Å². The van der Waals surface area contributed by atoms with Gasteiger partial charge in [-0.2, -0.15) is 4.98 Å². The van der Waals surface area contributed by atoms with E-state index in [1.807, 2.05) is 13.0 Å². The van der Waals surface area contributed by atoms with Crippen molar-refractivity contribution < 1.29 is 14.4 Å². The Hall–Kier alpha value is -3.17. The SMILES string of the molecule is C=CC(=O)N[C@@H]1CCCC[C@H]1Nc1nc(Nc2cc(C(=O)NOC)ccc2C)ncc1Cl. The monoisotopic (exact) mass is 458 g/mol. The van der Waals surface area contributed by atoms with Crippen molar-refractivity contribution in [3.63, 3.8) is 0 Å². The lowest BCUT2D eigenvalue weighted by molar-refractivity contribution is -0.117. The molecule has 0 aliphatic heterocycles. The Morgan fingerprint density at radius 1 is 1.25 bits per heavy atom. The Bertz CT molecular complexity index is 1000. The first kappa shape index (κ1) is 23.5. The highest BCUT2D eigenvalue weighted by Crippen LogP contribution is 2.27. The molecule has 2 aromatic rings. The second-order valence-electron chi connectivity index (χ2n) is 7.53. The van der Waals surface area contributed by atoms with E-state index in [9.17, 15) is 9.59 Å². The van der Waals surface area contributed by atoms with Gasteiger partial charge >= 0.3 is 0 Å². The van der Waals surface area contributed by atoms with E-state index in [1.54, 1.807) is 12.1 Å². The fraction of sp³-hybridized carbons (Fsp3) is 0.364.